The van der Waals surface area contributed by atoms with Crippen molar-refractivity contribution in [3.8, 4) is 0 Å². The number of hydrogen-bond acceptors (Lipinski definition) is 2. The van der Waals surface area contributed by atoms with E-state index in [1.54, 1.807) is 11.3 Å². The molecule has 0 aromatic carbocycles. The van der Waals surface area contributed by atoms with Crippen LogP contribution in [0, 0.1) is 5.92 Å². The van der Waals surface area contributed by atoms with E-state index < -0.39 is 0 Å². The molecule has 1 fully saturated rings. The third-order valence-corrected chi connectivity index (χ3v) is 5.47. The molecule has 0 N–H and O–H groups in total. The number of carbonyl (C=O) groups is 1. The van der Waals surface area contributed by atoms with Gasteiger partial charge in [-0.3, -0.25) is 4.79 Å². The summed E-state index contributed by atoms with van der Waals surface area (Å²) in [5.74, 6) is 1.07. The third kappa shape index (κ3) is 4.22. The van der Waals surface area contributed by atoms with Crippen molar-refractivity contribution in [2.75, 3.05) is 0 Å². The van der Waals surface area contributed by atoms with E-state index >= 15 is 0 Å². The maximum atomic E-state index is 12.0. The van der Waals surface area contributed by atoms with Gasteiger partial charge < -0.3 is 0 Å². The minimum atomic E-state index is 0.417. The van der Waals surface area contributed by atoms with Crippen LogP contribution in [0.4, 0.5) is 0 Å². The van der Waals surface area contributed by atoms with Gasteiger partial charge in [-0.2, -0.15) is 0 Å². The number of carbonyl (C=O) groups excluding carboxylic acids is 1. The smallest absolute Gasteiger partial charge is 0.138 e. The van der Waals surface area contributed by atoms with Crippen LogP contribution in [0.2, 0.25) is 0 Å². The Labute approximate surface area is 116 Å². The number of ketones is 1. The van der Waals surface area contributed by atoms with Gasteiger partial charge in [0.05, 0.1) is 0 Å². The molecule has 0 atom stereocenters. The molecule has 1 aromatic heterocycles. The van der Waals surface area contributed by atoms with Gasteiger partial charge in [-0.05, 0) is 33.3 Å². The van der Waals surface area contributed by atoms with E-state index in [0.29, 0.717) is 18.1 Å². The average molecular weight is 315 g/mol. The van der Waals surface area contributed by atoms with Crippen molar-refractivity contribution in [3.05, 3.63) is 20.8 Å². The van der Waals surface area contributed by atoms with E-state index in [2.05, 4.69) is 15.9 Å². The molecular weight excluding hydrogens is 296 g/mol. The average Bonchev–Trinajstić information content (AvgIpc) is 2.55. The summed E-state index contributed by atoms with van der Waals surface area (Å²) in [5.41, 5.74) is 0. The van der Waals surface area contributed by atoms with Crippen molar-refractivity contribution in [1.29, 1.82) is 0 Å². The highest BCUT2D eigenvalue weighted by Gasteiger charge is 2.17. The summed E-state index contributed by atoms with van der Waals surface area (Å²) < 4.78 is 1.09. The van der Waals surface area contributed by atoms with Crippen molar-refractivity contribution in [2.45, 2.75) is 51.4 Å². The summed E-state index contributed by atoms with van der Waals surface area (Å²) in [5, 5.41) is 2.04. The van der Waals surface area contributed by atoms with Crippen molar-refractivity contribution in [2.24, 2.45) is 5.92 Å². The molecule has 1 aliphatic carbocycles. The van der Waals surface area contributed by atoms with Gasteiger partial charge in [-0.25, -0.2) is 0 Å². The largest absolute Gasteiger partial charge is 0.299 e. The van der Waals surface area contributed by atoms with Gasteiger partial charge in [0.15, 0.2) is 0 Å². The molecule has 1 saturated carbocycles. The zero-order valence-electron chi connectivity index (χ0n) is 10.1. The van der Waals surface area contributed by atoms with Crippen LogP contribution in [0.1, 0.15) is 49.8 Å². The van der Waals surface area contributed by atoms with Gasteiger partial charge in [0.25, 0.3) is 0 Å². The maximum Gasteiger partial charge on any atom is 0.138 e. The van der Waals surface area contributed by atoms with Crippen LogP contribution in [-0.4, -0.2) is 5.78 Å². The van der Waals surface area contributed by atoms with Crippen molar-refractivity contribution in [1.82, 2.24) is 0 Å². The summed E-state index contributed by atoms with van der Waals surface area (Å²) in [4.78, 5) is 13.2. The Kier molecular flexibility index (Phi) is 5.23. The van der Waals surface area contributed by atoms with E-state index in [9.17, 15) is 4.79 Å². The predicted molar refractivity (Wildman–Crippen MR) is 76.5 cm³/mol. The molecule has 0 saturated heterocycles. The minimum Gasteiger partial charge on any atom is -0.299 e. The SMILES string of the molecule is O=C(Cc1sccc1Br)CC1CCCCCC1. The molecule has 1 aromatic rings. The zero-order valence-corrected chi connectivity index (χ0v) is 12.5. The normalized spacial score (nSPS) is 17.9. The van der Waals surface area contributed by atoms with Crippen LogP contribution >= 0.6 is 27.3 Å². The van der Waals surface area contributed by atoms with Crippen LogP contribution in [-0.2, 0) is 11.2 Å². The van der Waals surface area contributed by atoms with Gasteiger partial charge in [0.2, 0.25) is 0 Å². The Morgan fingerprint density at radius 3 is 2.59 bits per heavy atom. The number of thiophene rings is 1. The van der Waals surface area contributed by atoms with Crippen LogP contribution < -0.4 is 0 Å². The Hall–Kier alpha value is -0.150. The van der Waals surface area contributed by atoms with E-state index in [4.69, 9.17) is 0 Å². The van der Waals surface area contributed by atoms with E-state index in [-0.39, 0.29) is 0 Å². The Balaban J connectivity index is 1.82. The molecule has 0 unspecified atom stereocenters. The highest BCUT2D eigenvalue weighted by molar-refractivity contribution is 9.10. The van der Waals surface area contributed by atoms with Crippen molar-refractivity contribution >= 4 is 33.0 Å². The lowest BCUT2D eigenvalue weighted by atomic mass is 9.93. The van der Waals surface area contributed by atoms with Gasteiger partial charge in [-0.15, -0.1) is 11.3 Å². The van der Waals surface area contributed by atoms with E-state index in [0.717, 1.165) is 10.9 Å². The second-order valence-electron chi connectivity index (χ2n) is 4.97. The highest BCUT2D eigenvalue weighted by atomic mass is 79.9. The van der Waals surface area contributed by atoms with Crippen molar-refractivity contribution < 1.29 is 4.79 Å². The summed E-state index contributed by atoms with van der Waals surface area (Å²) in [6.07, 6.45) is 9.30. The topological polar surface area (TPSA) is 17.1 Å². The van der Waals surface area contributed by atoms with Gasteiger partial charge in [-0.1, -0.05) is 38.5 Å². The maximum absolute atomic E-state index is 12.0. The summed E-state index contributed by atoms with van der Waals surface area (Å²) in [6, 6.07) is 2.03. The van der Waals surface area contributed by atoms with Crippen LogP contribution in [0.3, 0.4) is 0 Å². The molecule has 0 amide bonds. The first kappa shape index (κ1) is 13.3. The van der Waals surface area contributed by atoms with Crippen LogP contribution in [0.15, 0.2) is 15.9 Å². The predicted octanol–water partition coefficient (Wildman–Crippen LogP) is 4.98. The molecule has 1 aliphatic rings. The Morgan fingerprint density at radius 2 is 2.00 bits per heavy atom. The molecule has 17 heavy (non-hydrogen) atoms. The monoisotopic (exact) mass is 314 g/mol. The van der Waals surface area contributed by atoms with E-state index in [1.807, 2.05) is 11.4 Å². The summed E-state index contributed by atoms with van der Waals surface area (Å²) in [7, 11) is 0. The molecule has 2 rings (SSSR count). The standard InChI is InChI=1S/C14H19BrOS/c15-13-7-8-17-14(13)10-12(16)9-11-5-3-1-2-4-6-11/h7-8,11H,1-6,9-10H2. The van der Waals surface area contributed by atoms with Crippen LogP contribution in [0.5, 0.6) is 0 Å². The first-order valence-corrected chi connectivity index (χ1v) is 8.16. The molecule has 94 valence electrons. The third-order valence-electron chi connectivity index (χ3n) is 3.54. The summed E-state index contributed by atoms with van der Waals surface area (Å²) in [6.45, 7) is 0. The lowest BCUT2D eigenvalue weighted by Gasteiger charge is -2.12. The lowest BCUT2D eigenvalue weighted by Crippen LogP contribution is -2.10. The number of hydrogen-bond donors (Lipinski definition) is 0. The van der Waals surface area contributed by atoms with Gasteiger partial charge in [0, 0.05) is 22.2 Å². The Bertz CT molecular complexity index is 364. The fourth-order valence-corrected chi connectivity index (χ4v) is 4.11. The zero-order chi connectivity index (χ0) is 12.1. The molecule has 3 heteroatoms. The first-order valence-electron chi connectivity index (χ1n) is 6.49. The number of Topliss-reactive ketones (excluding diaryl/α,β-unsaturated/α-hetero) is 1. The van der Waals surface area contributed by atoms with Gasteiger partial charge in [0.1, 0.15) is 5.78 Å². The molecule has 0 bridgehead atoms. The van der Waals surface area contributed by atoms with E-state index in [1.165, 1.54) is 43.4 Å². The van der Waals surface area contributed by atoms with Crippen molar-refractivity contribution in [3.63, 3.8) is 0 Å². The second kappa shape index (κ2) is 6.69. The molecule has 0 aliphatic heterocycles. The molecule has 1 nitrogen and oxygen atoms in total. The minimum absolute atomic E-state index is 0.417. The number of halogens is 1. The molecule has 0 radical (unpaired) electrons. The number of rotatable bonds is 4. The quantitative estimate of drug-likeness (QED) is 0.716. The first-order chi connectivity index (χ1) is 8.25. The second-order valence-corrected chi connectivity index (χ2v) is 6.82. The fraction of sp³-hybridized carbons (Fsp3) is 0.643. The van der Waals surface area contributed by atoms with Gasteiger partial charge >= 0.3 is 0 Å². The lowest BCUT2D eigenvalue weighted by molar-refractivity contribution is -0.119. The Morgan fingerprint density at radius 1 is 1.29 bits per heavy atom. The fourth-order valence-electron chi connectivity index (χ4n) is 2.59. The summed E-state index contributed by atoms with van der Waals surface area (Å²) >= 11 is 5.17. The molecule has 0 spiro atoms. The molecule has 1 heterocycles. The van der Waals surface area contributed by atoms with Crippen LogP contribution in [0.25, 0.3) is 0 Å². The molecular formula is C14H19BrOS. The highest BCUT2D eigenvalue weighted by Crippen LogP contribution is 2.28.